The molecule has 2 aromatic rings. The maximum absolute atomic E-state index is 4.67. The first-order chi connectivity index (χ1) is 9.70. The minimum Gasteiger partial charge on any atom is -0.339 e. The lowest BCUT2D eigenvalue weighted by Crippen LogP contribution is -2.47. The summed E-state index contributed by atoms with van der Waals surface area (Å²) < 4.78 is 2.82. The van der Waals surface area contributed by atoms with Crippen LogP contribution in [0.3, 0.4) is 0 Å². The molecule has 0 saturated carbocycles. The second-order valence-corrected chi connectivity index (χ2v) is 6.76. The summed E-state index contributed by atoms with van der Waals surface area (Å²) in [5, 5.41) is 8.28. The summed E-state index contributed by atoms with van der Waals surface area (Å²) in [4.78, 5) is 6.92. The van der Waals surface area contributed by atoms with Crippen LogP contribution in [0.2, 0.25) is 0 Å². The third-order valence-electron chi connectivity index (χ3n) is 4.61. The molecular weight excluding hydrogens is 318 g/mol. The Morgan fingerprint density at radius 1 is 1.35 bits per heavy atom. The number of nitrogens with one attached hydrogen (secondary N) is 1. The van der Waals surface area contributed by atoms with Crippen LogP contribution in [0.25, 0.3) is 5.65 Å². The quantitative estimate of drug-likeness (QED) is 0.913. The van der Waals surface area contributed by atoms with E-state index in [4.69, 9.17) is 0 Å². The van der Waals surface area contributed by atoms with E-state index in [1.54, 1.807) is 0 Å². The predicted octanol–water partition coefficient (Wildman–Crippen LogP) is 2.21. The Hall–Kier alpha value is -1.14. The van der Waals surface area contributed by atoms with Crippen molar-refractivity contribution in [2.75, 3.05) is 11.9 Å². The van der Waals surface area contributed by atoms with E-state index >= 15 is 0 Å². The summed E-state index contributed by atoms with van der Waals surface area (Å²) in [6.07, 6.45) is 6.97. The predicted molar refractivity (Wildman–Crippen MR) is 82.1 cm³/mol. The zero-order chi connectivity index (χ0) is 13.7. The van der Waals surface area contributed by atoms with Gasteiger partial charge in [-0.25, -0.2) is 4.52 Å². The van der Waals surface area contributed by atoms with Crippen molar-refractivity contribution < 1.29 is 0 Å². The monoisotopic (exact) mass is 335 g/mol. The molecule has 6 heteroatoms. The molecule has 2 unspecified atom stereocenters. The molecule has 2 bridgehead atoms. The Labute approximate surface area is 126 Å². The Morgan fingerprint density at radius 3 is 2.80 bits per heavy atom. The number of pyridine rings is 1. The van der Waals surface area contributed by atoms with Gasteiger partial charge >= 0.3 is 0 Å². The van der Waals surface area contributed by atoms with Crippen LogP contribution in [0.5, 0.6) is 0 Å². The molecule has 20 heavy (non-hydrogen) atoms. The van der Waals surface area contributed by atoms with E-state index < -0.39 is 0 Å². The van der Waals surface area contributed by atoms with Crippen LogP contribution in [0.1, 0.15) is 25.7 Å². The Bertz CT molecular complexity index is 628. The first kappa shape index (κ1) is 12.6. The van der Waals surface area contributed by atoms with Crippen molar-refractivity contribution in [1.29, 1.82) is 0 Å². The van der Waals surface area contributed by atoms with Gasteiger partial charge in [-0.15, -0.1) is 5.10 Å². The van der Waals surface area contributed by atoms with Gasteiger partial charge < -0.3 is 10.2 Å². The summed E-state index contributed by atoms with van der Waals surface area (Å²) in [7, 11) is 2.12. The Morgan fingerprint density at radius 2 is 2.10 bits per heavy atom. The first-order valence-electron chi connectivity index (χ1n) is 7.20. The third-order valence-corrected chi connectivity index (χ3v) is 5.23. The summed E-state index contributed by atoms with van der Waals surface area (Å²) >= 11 is 3.53. The van der Waals surface area contributed by atoms with Crippen molar-refractivity contribution in [2.45, 2.75) is 43.8 Å². The zero-order valence-electron chi connectivity index (χ0n) is 11.5. The lowest BCUT2D eigenvalue weighted by atomic mass is 9.99. The molecule has 2 aromatic heterocycles. The van der Waals surface area contributed by atoms with Gasteiger partial charge in [0.2, 0.25) is 5.95 Å². The van der Waals surface area contributed by atoms with Crippen molar-refractivity contribution in [1.82, 2.24) is 19.9 Å². The van der Waals surface area contributed by atoms with Gasteiger partial charge in [0, 0.05) is 31.4 Å². The second kappa shape index (κ2) is 4.70. The van der Waals surface area contributed by atoms with E-state index in [0.717, 1.165) is 16.1 Å². The van der Waals surface area contributed by atoms with Gasteiger partial charge in [-0.05, 0) is 53.7 Å². The lowest BCUT2D eigenvalue weighted by Gasteiger charge is -2.34. The van der Waals surface area contributed by atoms with E-state index in [2.05, 4.69) is 43.3 Å². The van der Waals surface area contributed by atoms with Gasteiger partial charge in [0.1, 0.15) is 0 Å². The minimum absolute atomic E-state index is 0.546. The van der Waals surface area contributed by atoms with E-state index in [1.807, 2.05) is 22.8 Å². The van der Waals surface area contributed by atoms with E-state index in [1.165, 1.54) is 25.7 Å². The fraction of sp³-hybridized carbons (Fsp3) is 0.571. The molecule has 2 saturated heterocycles. The van der Waals surface area contributed by atoms with Crippen LogP contribution in [0.4, 0.5) is 5.95 Å². The molecule has 0 radical (unpaired) electrons. The number of piperidine rings is 1. The molecule has 5 nitrogen and oxygen atoms in total. The molecule has 2 atom stereocenters. The highest BCUT2D eigenvalue weighted by Crippen LogP contribution is 2.31. The average Bonchev–Trinajstić information content (AvgIpc) is 3.02. The van der Waals surface area contributed by atoms with Crippen molar-refractivity contribution in [3.05, 3.63) is 22.8 Å². The number of halogens is 1. The molecule has 0 aliphatic carbocycles. The molecule has 2 fully saturated rings. The zero-order valence-corrected chi connectivity index (χ0v) is 13.0. The van der Waals surface area contributed by atoms with Gasteiger partial charge in [-0.3, -0.25) is 0 Å². The molecule has 0 amide bonds. The number of rotatable bonds is 2. The topological polar surface area (TPSA) is 45.5 Å². The molecule has 0 aromatic carbocycles. The number of hydrogen-bond acceptors (Lipinski definition) is 4. The second-order valence-electron chi connectivity index (χ2n) is 5.91. The highest BCUT2D eigenvalue weighted by Gasteiger charge is 2.36. The Balaban J connectivity index is 1.63. The molecule has 0 spiro atoms. The molecule has 2 aliphatic rings. The molecular formula is C14H18BrN5. The third kappa shape index (κ3) is 2.02. The van der Waals surface area contributed by atoms with Crippen LogP contribution >= 0.6 is 15.9 Å². The molecule has 4 heterocycles. The summed E-state index contributed by atoms with van der Waals surface area (Å²) in [5.41, 5.74) is 0.881. The number of anilines is 1. The van der Waals surface area contributed by atoms with Crippen LogP contribution in [0.15, 0.2) is 22.8 Å². The van der Waals surface area contributed by atoms with Crippen LogP contribution < -0.4 is 10.2 Å². The summed E-state index contributed by atoms with van der Waals surface area (Å²) in [5.74, 6) is 0.822. The van der Waals surface area contributed by atoms with Crippen LogP contribution in [-0.4, -0.2) is 39.8 Å². The maximum Gasteiger partial charge on any atom is 0.245 e. The van der Waals surface area contributed by atoms with Gasteiger partial charge in [0.05, 0.1) is 4.47 Å². The van der Waals surface area contributed by atoms with Crippen molar-refractivity contribution in [3.8, 4) is 0 Å². The van der Waals surface area contributed by atoms with Crippen LogP contribution in [-0.2, 0) is 0 Å². The van der Waals surface area contributed by atoms with Crippen molar-refractivity contribution >= 4 is 27.5 Å². The van der Waals surface area contributed by atoms with Crippen LogP contribution in [0, 0.1) is 0 Å². The van der Waals surface area contributed by atoms with Gasteiger partial charge in [0.25, 0.3) is 0 Å². The Kier molecular flexibility index (Phi) is 2.96. The van der Waals surface area contributed by atoms with E-state index in [9.17, 15) is 0 Å². The molecule has 2 aliphatic heterocycles. The number of fused-ring (bicyclic) bond motifs is 3. The molecule has 4 rings (SSSR count). The molecule has 106 valence electrons. The van der Waals surface area contributed by atoms with E-state index in [0.29, 0.717) is 18.1 Å². The van der Waals surface area contributed by atoms with E-state index in [-0.39, 0.29) is 0 Å². The fourth-order valence-corrected chi connectivity index (χ4v) is 3.94. The smallest absolute Gasteiger partial charge is 0.245 e. The van der Waals surface area contributed by atoms with Gasteiger partial charge in [-0.2, -0.15) is 4.98 Å². The number of aromatic nitrogens is 3. The summed E-state index contributed by atoms with van der Waals surface area (Å²) in [6, 6.07) is 5.89. The standard InChI is InChI=1S/C14H18BrN5/c1-19(11-7-9-4-5-10(8-11)16-9)14-17-13-12(15)3-2-6-20(13)18-14/h2-3,6,9-11,16H,4-5,7-8H2,1H3. The number of hydrogen-bond donors (Lipinski definition) is 1. The average molecular weight is 336 g/mol. The molecule has 1 N–H and O–H groups in total. The van der Waals surface area contributed by atoms with Crippen molar-refractivity contribution in [2.24, 2.45) is 0 Å². The number of nitrogens with zero attached hydrogens (tertiary/aromatic N) is 4. The van der Waals surface area contributed by atoms with Gasteiger partial charge in [0.15, 0.2) is 5.65 Å². The normalized spacial score (nSPS) is 29.0. The van der Waals surface area contributed by atoms with Gasteiger partial charge in [-0.1, -0.05) is 0 Å². The summed E-state index contributed by atoms with van der Waals surface area (Å²) in [6.45, 7) is 0. The largest absolute Gasteiger partial charge is 0.339 e. The SMILES string of the molecule is CN(c1nc2c(Br)cccn2n1)C1CC2CCC(C1)N2. The maximum atomic E-state index is 4.67. The highest BCUT2D eigenvalue weighted by atomic mass is 79.9. The van der Waals surface area contributed by atoms with Crippen molar-refractivity contribution in [3.63, 3.8) is 0 Å². The minimum atomic E-state index is 0.546. The fourth-order valence-electron chi connectivity index (χ4n) is 3.52. The highest BCUT2D eigenvalue weighted by molar-refractivity contribution is 9.10. The lowest BCUT2D eigenvalue weighted by molar-refractivity contribution is 0.353. The first-order valence-corrected chi connectivity index (χ1v) is 8.00.